The maximum absolute atomic E-state index is 2.58. The molecule has 1 aliphatic rings. The van der Waals surface area contributed by atoms with Gasteiger partial charge in [-0.3, -0.25) is 0 Å². The summed E-state index contributed by atoms with van der Waals surface area (Å²) in [6, 6.07) is 18.2. The van der Waals surface area contributed by atoms with Crippen molar-refractivity contribution >= 4 is 27.5 Å². The van der Waals surface area contributed by atoms with Crippen molar-refractivity contribution in [3.63, 3.8) is 0 Å². The molecule has 0 saturated carbocycles. The number of rotatable bonds is 12. The molecule has 4 rings (SSSR count). The van der Waals surface area contributed by atoms with E-state index in [0.717, 1.165) is 6.54 Å². The van der Waals surface area contributed by atoms with Crippen LogP contribution in [0, 0.1) is 0 Å². The Morgan fingerprint density at radius 2 is 1.40 bits per heavy atom. The first-order valence-electron chi connectivity index (χ1n) is 12.5. The second-order valence-electron chi connectivity index (χ2n) is 9.09. The molecule has 2 nitrogen and oxygen atoms in total. The minimum absolute atomic E-state index is 1.12. The second-order valence-corrected chi connectivity index (χ2v) is 9.09. The third-order valence-corrected chi connectivity index (χ3v) is 6.81. The normalized spacial score (nSPS) is 13.8. The van der Waals surface area contributed by atoms with Crippen LogP contribution >= 0.6 is 0 Å². The van der Waals surface area contributed by atoms with Crippen LogP contribution in [0.5, 0.6) is 0 Å². The molecule has 0 radical (unpaired) electrons. The number of aryl methyl sites for hydroxylation is 1. The summed E-state index contributed by atoms with van der Waals surface area (Å²) in [5.41, 5.74) is 4.19. The average molecular weight is 404 g/mol. The first kappa shape index (κ1) is 21.2. The molecule has 0 aliphatic carbocycles. The summed E-state index contributed by atoms with van der Waals surface area (Å²) in [5.74, 6) is 0. The van der Waals surface area contributed by atoms with E-state index in [9.17, 15) is 0 Å². The number of anilines is 1. The van der Waals surface area contributed by atoms with Gasteiger partial charge in [-0.15, -0.1) is 0 Å². The largest absolute Gasteiger partial charge is 0.371 e. The standard InChI is InChI=1S/C28H39N2/c1-2-3-4-5-6-7-8-9-10-13-22-30-26-17-12-11-16-24(26)23-25-27(29-20-15-21-29)18-14-19-28(25)30/h11-12,14,16-19,23H,2-10,13,15,20-22H2,1H3/q+1. The fraction of sp³-hybridized carbons (Fsp3) is 0.536. The molecule has 0 unspecified atom stereocenters. The van der Waals surface area contributed by atoms with Crippen LogP contribution in [0.15, 0.2) is 48.5 Å². The minimum atomic E-state index is 1.12. The van der Waals surface area contributed by atoms with E-state index >= 15 is 0 Å². The molecular weight excluding hydrogens is 364 g/mol. The molecule has 2 heterocycles. The van der Waals surface area contributed by atoms with E-state index in [0.29, 0.717) is 0 Å². The second kappa shape index (κ2) is 10.8. The van der Waals surface area contributed by atoms with E-state index in [1.54, 1.807) is 0 Å². The molecule has 0 N–H and O–H groups in total. The zero-order chi connectivity index (χ0) is 20.6. The zero-order valence-corrected chi connectivity index (χ0v) is 18.9. The summed E-state index contributed by atoms with van der Waals surface area (Å²) in [7, 11) is 0. The number of pyridine rings is 1. The smallest absolute Gasteiger partial charge is 0.215 e. The number of benzene rings is 2. The molecule has 1 aliphatic heterocycles. The highest BCUT2D eigenvalue weighted by atomic mass is 15.2. The van der Waals surface area contributed by atoms with Crippen LogP contribution in [0.4, 0.5) is 5.69 Å². The highest BCUT2D eigenvalue weighted by Crippen LogP contribution is 2.30. The molecule has 0 atom stereocenters. The Kier molecular flexibility index (Phi) is 7.61. The third-order valence-electron chi connectivity index (χ3n) is 6.81. The summed E-state index contributed by atoms with van der Waals surface area (Å²) >= 11 is 0. The van der Waals surface area contributed by atoms with Gasteiger partial charge in [0, 0.05) is 37.0 Å². The molecule has 1 fully saturated rings. The molecule has 1 aromatic heterocycles. The van der Waals surface area contributed by atoms with Crippen molar-refractivity contribution in [3.05, 3.63) is 48.5 Å². The molecule has 160 valence electrons. The Morgan fingerprint density at radius 1 is 0.733 bits per heavy atom. The highest BCUT2D eigenvalue weighted by molar-refractivity contribution is 5.96. The number of unbranched alkanes of at least 4 members (excludes halogenated alkanes) is 9. The number of hydrogen-bond donors (Lipinski definition) is 0. The van der Waals surface area contributed by atoms with Crippen molar-refractivity contribution in [1.29, 1.82) is 0 Å². The SMILES string of the molecule is CCCCCCCCCCCC[n+]1c2ccccc2cc2c(N3CCC3)cccc21. The Morgan fingerprint density at radius 3 is 2.10 bits per heavy atom. The van der Waals surface area contributed by atoms with Crippen molar-refractivity contribution < 1.29 is 4.57 Å². The molecule has 0 spiro atoms. The lowest BCUT2D eigenvalue weighted by atomic mass is 10.0. The monoisotopic (exact) mass is 403 g/mol. The van der Waals surface area contributed by atoms with Crippen molar-refractivity contribution in [2.24, 2.45) is 0 Å². The summed E-state index contributed by atoms with van der Waals surface area (Å²) in [4.78, 5) is 2.53. The van der Waals surface area contributed by atoms with E-state index in [-0.39, 0.29) is 0 Å². The lowest BCUT2D eigenvalue weighted by Gasteiger charge is -2.33. The van der Waals surface area contributed by atoms with Gasteiger partial charge in [-0.05, 0) is 31.0 Å². The van der Waals surface area contributed by atoms with E-state index in [4.69, 9.17) is 0 Å². The van der Waals surface area contributed by atoms with E-state index in [1.807, 2.05) is 0 Å². The first-order chi connectivity index (χ1) is 14.9. The van der Waals surface area contributed by atoms with Crippen molar-refractivity contribution in [2.75, 3.05) is 18.0 Å². The van der Waals surface area contributed by atoms with Gasteiger partial charge in [-0.25, -0.2) is 0 Å². The molecule has 0 amide bonds. The van der Waals surface area contributed by atoms with Gasteiger partial charge in [0.25, 0.3) is 0 Å². The van der Waals surface area contributed by atoms with Crippen LogP contribution in [0.3, 0.4) is 0 Å². The number of fused-ring (bicyclic) bond motifs is 2. The highest BCUT2D eigenvalue weighted by Gasteiger charge is 2.21. The van der Waals surface area contributed by atoms with Crippen LogP contribution in [0.1, 0.15) is 77.6 Å². The fourth-order valence-corrected chi connectivity index (χ4v) is 4.90. The third kappa shape index (κ3) is 4.96. The van der Waals surface area contributed by atoms with Gasteiger partial charge >= 0.3 is 0 Å². The summed E-state index contributed by atoms with van der Waals surface area (Å²) < 4.78 is 2.58. The first-order valence-corrected chi connectivity index (χ1v) is 12.5. The average Bonchev–Trinajstić information content (AvgIpc) is 2.73. The number of nitrogens with zero attached hydrogens (tertiary/aromatic N) is 2. The van der Waals surface area contributed by atoms with Crippen molar-refractivity contribution in [2.45, 2.75) is 84.1 Å². The topological polar surface area (TPSA) is 7.12 Å². The molecule has 30 heavy (non-hydrogen) atoms. The Balaban J connectivity index is 1.41. The lowest BCUT2D eigenvalue weighted by Crippen LogP contribution is -2.39. The van der Waals surface area contributed by atoms with Gasteiger partial charge in [-0.1, -0.05) is 76.5 Å². The molecule has 3 aromatic rings. The lowest BCUT2D eigenvalue weighted by molar-refractivity contribution is -0.645. The van der Waals surface area contributed by atoms with Gasteiger partial charge in [-0.2, -0.15) is 4.57 Å². The van der Waals surface area contributed by atoms with Crippen molar-refractivity contribution in [3.8, 4) is 0 Å². The van der Waals surface area contributed by atoms with Crippen LogP contribution in [0.2, 0.25) is 0 Å². The predicted molar refractivity (Wildman–Crippen MR) is 130 cm³/mol. The predicted octanol–water partition coefficient (Wildman–Crippen LogP) is 7.41. The van der Waals surface area contributed by atoms with Crippen molar-refractivity contribution in [1.82, 2.24) is 0 Å². The van der Waals surface area contributed by atoms with E-state index < -0.39 is 0 Å². The summed E-state index contributed by atoms with van der Waals surface area (Å²) in [6.07, 6.45) is 15.2. The maximum Gasteiger partial charge on any atom is 0.215 e. The van der Waals surface area contributed by atoms with Crippen LogP contribution in [-0.4, -0.2) is 13.1 Å². The summed E-state index contributed by atoms with van der Waals surface area (Å²) in [6.45, 7) is 5.82. The zero-order valence-electron chi connectivity index (χ0n) is 18.9. The van der Waals surface area contributed by atoms with Crippen LogP contribution in [-0.2, 0) is 6.54 Å². The van der Waals surface area contributed by atoms with Gasteiger partial charge in [0.15, 0.2) is 0 Å². The Labute approximate surface area is 182 Å². The van der Waals surface area contributed by atoms with E-state index in [1.165, 1.54) is 111 Å². The van der Waals surface area contributed by atoms with E-state index in [2.05, 4.69) is 64.9 Å². The summed E-state index contributed by atoms with van der Waals surface area (Å²) in [5, 5.41) is 2.79. The molecule has 2 aromatic carbocycles. The quantitative estimate of drug-likeness (QED) is 0.173. The van der Waals surface area contributed by atoms with Gasteiger partial charge < -0.3 is 4.90 Å². The van der Waals surface area contributed by atoms with Gasteiger partial charge in [0.05, 0.1) is 11.1 Å². The Hall–Kier alpha value is -2.09. The van der Waals surface area contributed by atoms with Crippen LogP contribution in [0.25, 0.3) is 21.8 Å². The van der Waals surface area contributed by atoms with Gasteiger partial charge in [0.1, 0.15) is 6.54 Å². The molecular formula is C28H39N2+. The molecule has 0 bridgehead atoms. The molecule has 2 heteroatoms. The van der Waals surface area contributed by atoms with Crippen LogP contribution < -0.4 is 9.47 Å². The number of hydrogen-bond acceptors (Lipinski definition) is 1. The number of aromatic nitrogens is 1. The fourth-order valence-electron chi connectivity index (χ4n) is 4.90. The Bertz CT molecular complexity index is 942. The number of para-hydroxylation sites is 1. The minimum Gasteiger partial charge on any atom is -0.371 e. The maximum atomic E-state index is 2.58. The van der Waals surface area contributed by atoms with Gasteiger partial charge in [0.2, 0.25) is 11.0 Å². The molecule has 1 saturated heterocycles.